The third-order valence-corrected chi connectivity index (χ3v) is 1.70. The number of aliphatic carboxylic acids is 1. The molecule has 0 heterocycles. The summed E-state index contributed by atoms with van der Waals surface area (Å²) >= 11 is 0. The van der Waals surface area contributed by atoms with Crippen LogP contribution in [-0.4, -0.2) is 29.1 Å². The molecule has 70 valence electrons. The third kappa shape index (κ3) is 6.18. The molecule has 0 aromatic heterocycles. The average Bonchev–Trinajstić information content (AvgIpc) is 1.97. The van der Waals surface area contributed by atoms with Gasteiger partial charge in [0.2, 0.25) is 0 Å². The van der Waals surface area contributed by atoms with E-state index in [4.69, 9.17) is 15.9 Å². The number of carboxylic acid groups (broad SMARTS) is 1. The zero-order valence-corrected chi connectivity index (χ0v) is 7.36. The van der Waals surface area contributed by atoms with Gasteiger partial charge in [-0.2, -0.15) is 0 Å². The molecule has 1 atom stereocenters. The van der Waals surface area contributed by atoms with Crippen LogP contribution in [0.2, 0.25) is 13.1 Å². The molecule has 12 heavy (non-hydrogen) atoms. The summed E-state index contributed by atoms with van der Waals surface area (Å²) in [5.41, 5.74) is 5.27. The van der Waals surface area contributed by atoms with Crippen LogP contribution in [-0.2, 0) is 4.79 Å². The van der Waals surface area contributed by atoms with Gasteiger partial charge in [-0.05, 0) is 12.7 Å². The Morgan fingerprint density at radius 3 is 2.58 bits per heavy atom. The van der Waals surface area contributed by atoms with E-state index >= 15 is 0 Å². The molecule has 0 aromatic carbocycles. The van der Waals surface area contributed by atoms with Crippen molar-refractivity contribution < 1.29 is 14.9 Å². The molecule has 4 N–H and O–H groups in total. The minimum Gasteiger partial charge on any atom is -0.480 e. The van der Waals surface area contributed by atoms with Crippen LogP contribution in [0.4, 0.5) is 0 Å². The van der Waals surface area contributed by atoms with Crippen molar-refractivity contribution in [3.05, 3.63) is 0 Å². The van der Waals surface area contributed by atoms with E-state index in [2.05, 4.69) is 0 Å². The fourth-order valence-corrected chi connectivity index (χ4v) is 0.927. The van der Waals surface area contributed by atoms with Crippen LogP contribution in [0.25, 0.3) is 0 Å². The first-order valence-electron chi connectivity index (χ1n) is 4.20. The van der Waals surface area contributed by atoms with E-state index < -0.39 is 12.0 Å². The van der Waals surface area contributed by atoms with Gasteiger partial charge in [-0.15, -0.1) is 0 Å². The fourth-order valence-electron chi connectivity index (χ4n) is 0.927. The summed E-state index contributed by atoms with van der Waals surface area (Å²) in [6.45, 7) is 1.42. The van der Waals surface area contributed by atoms with Crippen LogP contribution < -0.4 is 5.73 Å². The molecule has 0 aliphatic carbocycles. The van der Waals surface area contributed by atoms with Crippen LogP contribution in [0.1, 0.15) is 19.3 Å². The lowest BCUT2D eigenvalue weighted by Gasteiger charge is -2.05. The minimum absolute atomic E-state index is 0.300. The molecule has 0 rings (SSSR count). The van der Waals surface area contributed by atoms with Crippen molar-refractivity contribution in [1.82, 2.24) is 0 Å². The summed E-state index contributed by atoms with van der Waals surface area (Å²) in [6, 6.07) is -0.751. The Morgan fingerprint density at radius 1 is 1.58 bits per heavy atom. The van der Waals surface area contributed by atoms with Gasteiger partial charge in [-0.25, -0.2) is 0 Å². The van der Waals surface area contributed by atoms with Crippen LogP contribution in [0, 0.1) is 0 Å². The van der Waals surface area contributed by atoms with Crippen molar-refractivity contribution in [1.29, 1.82) is 0 Å². The second-order valence-electron chi connectivity index (χ2n) is 3.08. The van der Waals surface area contributed by atoms with Crippen molar-refractivity contribution >= 4 is 12.9 Å². The number of nitrogens with two attached hydrogens (primary N) is 1. The van der Waals surface area contributed by atoms with E-state index in [1.54, 1.807) is 6.82 Å². The number of hydrogen-bond acceptors (Lipinski definition) is 3. The maximum Gasteiger partial charge on any atom is 0.320 e. The first-order valence-corrected chi connectivity index (χ1v) is 4.20. The predicted molar refractivity (Wildman–Crippen MR) is 48.1 cm³/mol. The highest BCUT2D eigenvalue weighted by Gasteiger charge is 2.10. The Hall–Kier alpha value is -0.545. The van der Waals surface area contributed by atoms with Gasteiger partial charge >= 0.3 is 5.97 Å². The number of carbonyl (C=O) groups is 1. The maximum absolute atomic E-state index is 10.3. The standard InChI is InChI=1S/C7H16BNO3/c1-8(12)5-3-2-4-6(9)7(10)11/h6,12H,2-5,9H2,1H3,(H,10,11)/t6-/m0/s1. The van der Waals surface area contributed by atoms with Gasteiger partial charge in [0.1, 0.15) is 6.04 Å². The Kier molecular flexibility index (Phi) is 5.75. The molecule has 5 heteroatoms. The van der Waals surface area contributed by atoms with Crippen molar-refractivity contribution in [2.45, 2.75) is 38.4 Å². The molecule has 0 amide bonds. The van der Waals surface area contributed by atoms with Crippen molar-refractivity contribution in [2.75, 3.05) is 0 Å². The van der Waals surface area contributed by atoms with Crippen molar-refractivity contribution in [3.8, 4) is 0 Å². The van der Waals surface area contributed by atoms with Gasteiger partial charge in [-0.3, -0.25) is 4.79 Å². The largest absolute Gasteiger partial charge is 0.480 e. The lowest BCUT2D eigenvalue weighted by atomic mass is 9.67. The Balaban J connectivity index is 3.25. The van der Waals surface area contributed by atoms with Crippen LogP contribution in [0.3, 0.4) is 0 Å². The van der Waals surface area contributed by atoms with Crippen LogP contribution >= 0.6 is 0 Å². The lowest BCUT2D eigenvalue weighted by molar-refractivity contribution is -0.138. The fraction of sp³-hybridized carbons (Fsp3) is 0.857. The second kappa shape index (κ2) is 6.02. The maximum atomic E-state index is 10.3. The molecule has 0 fully saturated rings. The molecule has 0 aromatic rings. The number of rotatable bonds is 6. The van der Waals surface area contributed by atoms with Gasteiger partial charge in [-0.1, -0.05) is 19.7 Å². The van der Waals surface area contributed by atoms with E-state index in [1.165, 1.54) is 0 Å². The number of unbranched alkanes of at least 4 members (excludes halogenated alkanes) is 1. The predicted octanol–water partition coefficient (Wildman–Crippen LogP) is 0.182. The number of carboxylic acids is 1. The topological polar surface area (TPSA) is 83.5 Å². The van der Waals surface area contributed by atoms with Gasteiger partial charge in [0.05, 0.1) is 0 Å². The van der Waals surface area contributed by atoms with Gasteiger partial charge in [0.15, 0.2) is 0 Å². The third-order valence-electron chi connectivity index (χ3n) is 1.70. The summed E-state index contributed by atoms with van der Waals surface area (Å²) < 4.78 is 0. The highest BCUT2D eigenvalue weighted by molar-refractivity contribution is 6.48. The van der Waals surface area contributed by atoms with Gasteiger partial charge in [0, 0.05) is 0 Å². The van der Waals surface area contributed by atoms with E-state index in [9.17, 15) is 4.79 Å². The summed E-state index contributed by atoms with van der Waals surface area (Å²) in [4.78, 5) is 10.3. The normalized spacial score (nSPS) is 12.6. The zero-order chi connectivity index (χ0) is 9.56. The summed E-state index contributed by atoms with van der Waals surface area (Å²) in [6.07, 6.45) is 2.80. The Morgan fingerprint density at radius 2 is 2.17 bits per heavy atom. The molecule has 0 bridgehead atoms. The second-order valence-corrected chi connectivity index (χ2v) is 3.08. The first kappa shape index (κ1) is 11.5. The summed E-state index contributed by atoms with van der Waals surface area (Å²) in [5.74, 6) is -0.952. The minimum atomic E-state index is -0.952. The van der Waals surface area contributed by atoms with Gasteiger partial charge in [0.25, 0.3) is 6.92 Å². The molecular weight excluding hydrogens is 157 g/mol. The van der Waals surface area contributed by atoms with Crippen LogP contribution in [0.15, 0.2) is 0 Å². The Labute approximate surface area is 72.9 Å². The molecule has 0 saturated carbocycles. The Bertz CT molecular complexity index is 141. The molecule has 0 saturated heterocycles. The average molecular weight is 173 g/mol. The van der Waals surface area contributed by atoms with E-state index in [-0.39, 0.29) is 6.92 Å². The molecule has 0 radical (unpaired) electrons. The van der Waals surface area contributed by atoms with E-state index in [1.807, 2.05) is 0 Å². The number of hydrogen-bond donors (Lipinski definition) is 3. The smallest absolute Gasteiger partial charge is 0.320 e. The summed E-state index contributed by atoms with van der Waals surface area (Å²) in [7, 11) is 0. The SMILES string of the molecule is CB(O)CCCC[C@H](N)C(=O)O. The highest BCUT2D eigenvalue weighted by atomic mass is 16.4. The van der Waals surface area contributed by atoms with Gasteiger partial charge < -0.3 is 15.9 Å². The van der Waals surface area contributed by atoms with Crippen LogP contribution in [0.5, 0.6) is 0 Å². The first-order chi connectivity index (χ1) is 5.54. The van der Waals surface area contributed by atoms with E-state index in [0.717, 1.165) is 12.8 Å². The van der Waals surface area contributed by atoms with Crippen molar-refractivity contribution in [3.63, 3.8) is 0 Å². The zero-order valence-electron chi connectivity index (χ0n) is 7.36. The quantitative estimate of drug-likeness (QED) is 0.395. The molecule has 0 aliphatic heterocycles. The monoisotopic (exact) mass is 173 g/mol. The highest BCUT2D eigenvalue weighted by Crippen LogP contribution is 2.04. The molecular formula is C7H16BNO3. The molecule has 0 unspecified atom stereocenters. The summed E-state index contributed by atoms with van der Waals surface area (Å²) in [5, 5.41) is 17.3. The molecule has 0 aliphatic rings. The van der Waals surface area contributed by atoms with E-state index in [0.29, 0.717) is 12.7 Å². The molecule has 4 nitrogen and oxygen atoms in total. The molecule has 0 spiro atoms. The van der Waals surface area contributed by atoms with Crippen molar-refractivity contribution in [2.24, 2.45) is 5.73 Å². The lowest BCUT2D eigenvalue weighted by Crippen LogP contribution is -2.29.